The van der Waals surface area contributed by atoms with E-state index in [9.17, 15) is 4.79 Å². The summed E-state index contributed by atoms with van der Waals surface area (Å²) < 4.78 is 5.00. The molecule has 1 heterocycles. The van der Waals surface area contributed by atoms with Crippen molar-refractivity contribution in [3.63, 3.8) is 0 Å². The first-order valence-electron chi connectivity index (χ1n) is 4.57. The Morgan fingerprint density at radius 2 is 2.31 bits per heavy atom. The largest absolute Gasteiger partial charge is 0.383 e. The molecule has 0 spiro atoms. The molecule has 1 rings (SSSR count). The fraction of sp³-hybridized carbons (Fsp3) is 0.889. The van der Waals surface area contributed by atoms with Gasteiger partial charge in [-0.25, -0.2) is 0 Å². The van der Waals surface area contributed by atoms with Crippen LogP contribution in [0.2, 0.25) is 0 Å². The minimum Gasteiger partial charge on any atom is -0.383 e. The van der Waals surface area contributed by atoms with Crippen LogP contribution in [0.1, 0.15) is 13.8 Å². The summed E-state index contributed by atoms with van der Waals surface area (Å²) in [5, 5.41) is 2.86. The smallest absolute Gasteiger partial charge is 0.234 e. The summed E-state index contributed by atoms with van der Waals surface area (Å²) >= 11 is 0. The highest BCUT2D eigenvalue weighted by Crippen LogP contribution is 2.15. The normalized spacial score (nSPS) is 22.8. The topological polar surface area (TPSA) is 41.6 Å². The minimum absolute atomic E-state index is 0.0481. The summed E-state index contributed by atoms with van der Waals surface area (Å²) in [6.07, 6.45) is 0. The number of carbonyl (C=O) groups is 1. The number of rotatable bonds is 3. The van der Waals surface area contributed by atoms with Gasteiger partial charge in [-0.2, -0.15) is 0 Å². The maximum atomic E-state index is 11.1. The molecular weight excluding hydrogens is 168 g/mol. The molecule has 1 aliphatic heterocycles. The van der Waals surface area contributed by atoms with Crippen LogP contribution in [0.5, 0.6) is 0 Å². The number of hydrogen-bond acceptors (Lipinski definition) is 3. The number of methoxy groups -OCH3 is 1. The van der Waals surface area contributed by atoms with Crippen molar-refractivity contribution in [2.45, 2.75) is 19.4 Å². The van der Waals surface area contributed by atoms with Crippen molar-refractivity contribution < 1.29 is 9.53 Å². The average molecular weight is 186 g/mol. The number of ether oxygens (including phenoxy) is 1. The molecule has 0 radical (unpaired) electrons. The Kier molecular flexibility index (Phi) is 3.27. The number of amides is 1. The molecule has 0 aromatic rings. The Labute approximate surface area is 79.2 Å². The van der Waals surface area contributed by atoms with Crippen LogP contribution in [0.15, 0.2) is 0 Å². The van der Waals surface area contributed by atoms with E-state index in [1.165, 1.54) is 0 Å². The zero-order valence-electron chi connectivity index (χ0n) is 8.59. The third-order valence-electron chi connectivity index (χ3n) is 2.47. The maximum absolute atomic E-state index is 11.1. The van der Waals surface area contributed by atoms with E-state index >= 15 is 0 Å². The van der Waals surface area contributed by atoms with Crippen molar-refractivity contribution in [3.8, 4) is 0 Å². The molecule has 1 aliphatic rings. The van der Waals surface area contributed by atoms with Crippen LogP contribution in [0.3, 0.4) is 0 Å². The number of hydrogen-bond donors (Lipinski definition) is 1. The summed E-state index contributed by atoms with van der Waals surface area (Å²) in [6, 6.07) is 0. The molecule has 0 aromatic heterocycles. The van der Waals surface area contributed by atoms with Gasteiger partial charge in [0.05, 0.1) is 13.2 Å². The number of nitrogens with zero attached hydrogens (tertiary/aromatic N) is 1. The zero-order chi connectivity index (χ0) is 9.90. The van der Waals surface area contributed by atoms with Gasteiger partial charge >= 0.3 is 0 Å². The van der Waals surface area contributed by atoms with Crippen LogP contribution >= 0.6 is 0 Å². The van der Waals surface area contributed by atoms with Crippen molar-refractivity contribution >= 4 is 5.91 Å². The lowest BCUT2D eigenvalue weighted by Gasteiger charge is -2.41. The fourth-order valence-electron chi connectivity index (χ4n) is 1.45. The molecular formula is C9H18N2O2. The summed E-state index contributed by atoms with van der Waals surface area (Å²) in [5.41, 5.74) is 0.0481. The second-order valence-corrected chi connectivity index (χ2v) is 4.00. The molecule has 0 aromatic carbocycles. The lowest BCUT2D eigenvalue weighted by Crippen LogP contribution is -2.60. The molecule has 4 nitrogen and oxygen atoms in total. The first-order chi connectivity index (χ1) is 6.06. The Hall–Kier alpha value is -0.610. The van der Waals surface area contributed by atoms with Gasteiger partial charge in [0, 0.05) is 25.7 Å². The molecule has 1 N–H and O–H groups in total. The molecule has 1 amide bonds. The Morgan fingerprint density at radius 1 is 1.62 bits per heavy atom. The van der Waals surface area contributed by atoms with Gasteiger partial charge in [-0.3, -0.25) is 9.69 Å². The predicted octanol–water partition coefficient (Wildman–Crippen LogP) is -0.157. The predicted molar refractivity (Wildman–Crippen MR) is 50.5 cm³/mol. The van der Waals surface area contributed by atoms with Crippen LogP contribution in [0.4, 0.5) is 0 Å². The molecule has 76 valence electrons. The summed E-state index contributed by atoms with van der Waals surface area (Å²) in [6.45, 7) is 6.95. The third-order valence-corrected chi connectivity index (χ3v) is 2.47. The monoisotopic (exact) mass is 186 g/mol. The second-order valence-electron chi connectivity index (χ2n) is 4.00. The fourth-order valence-corrected chi connectivity index (χ4v) is 1.45. The van der Waals surface area contributed by atoms with E-state index in [1.807, 2.05) is 0 Å². The van der Waals surface area contributed by atoms with Gasteiger partial charge < -0.3 is 10.1 Å². The summed E-state index contributed by atoms with van der Waals surface area (Å²) in [4.78, 5) is 13.3. The standard InChI is InChI=1S/C9H18N2O2/c1-9(2)7-10-8(12)6-11(9)4-5-13-3/h4-7H2,1-3H3,(H,10,12). The van der Waals surface area contributed by atoms with E-state index in [4.69, 9.17) is 4.74 Å². The van der Waals surface area contributed by atoms with Crippen molar-refractivity contribution in [3.05, 3.63) is 0 Å². The molecule has 1 saturated heterocycles. The van der Waals surface area contributed by atoms with Gasteiger partial charge in [0.15, 0.2) is 0 Å². The summed E-state index contributed by atoms with van der Waals surface area (Å²) in [7, 11) is 1.68. The molecule has 0 unspecified atom stereocenters. The van der Waals surface area contributed by atoms with E-state index in [1.54, 1.807) is 7.11 Å². The highest BCUT2D eigenvalue weighted by Gasteiger charge is 2.32. The molecule has 0 aliphatic carbocycles. The van der Waals surface area contributed by atoms with E-state index in [-0.39, 0.29) is 11.4 Å². The number of nitrogens with one attached hydrogen (secondary N) is 1. The molecule has 4 heteroatoms. The lowest BCUT2D eigenvalue weighted by molar-refractivity contribution is -0.128. The van der Waals surface area contributed by atoms with Crippen LogP contribution in [-0.2, 0) is 9.53 Å². The van der Waals surface area contributed by atoms with Crippen molar-refractivity contribution in [2.75, 3.05) is 33.4 Å². The SMILES string of the molecule is COCCN1CC(=O)NCC1(C)C. The Bertz CT molecular complexity index is 192. The highest BCUT2D eigenvalue weighted by atomic mass is 16.5. The quantitative estimate of drug-likeness (QED) is 0.666. The first-order valence-corrected chi connectivity index (χ1v) is 4.57. The van der Waals surface area contributed by atoms with Gasteiger partial charge in [0.2, 0.25) is 5.91 Å². The van der Waals surface area contributed by atoms with Crippen LogP contribution < -0.4 is 5.32 Å². The third kappa shape index (κ3) is 2.67. The van der Waals surface area contributed by atoms with Gasteiger partial charge in [0.25, 0.3) is 0 Å². The van der Waals surface area contributed by atoms with Gasteiger partial charge in [-0.15, -0.1) is 0 Å². The highest BCUT2D eigenvalue weighted by molar-refractivity contribution is 5.79. The Morgan fingerprint density at radius 3 is 2.92 bits per heavy atom. The van der Waals surface area contributed by atoms with Crippen molar-refractivity contribution in [2.24, 2.45) is 0 Å². The average Bonchev–Trinajstić information content (AvgIpc) is 2.07. The van der Waals surface area contributed by atoms with E-state index in [0.29, 0.717) is 13.2 Å². The van der Waals surface area contributed by atoms with Crippen molar-refractivity contribution in [1.29, 1.82) is 0 Å². The zero-order valence-corrected chi connectivity index (χ0v) is 8.59. The van der Waals surface area contributed by atoms with Gasteiger partial charge in [-0.1, -0.05) is 0 Å². The van der Waals surface area contributed by atoms with Crippen LogP contribution in [0.25, 0.3) is 0 Å². The molecule has 13 heavy (non-hydrogen) atoms. The van der Waals surface area contributed by atoms with Gasteiger partial charge in [0.1, 0.15) is 0 Å². The molecule has 0 saturated carbocycles. The van der Waals surface area contributed by atoms with Crippen molar-refractivity contribution in [1.82, 2.24) is 10.2 Å². The molecule has 1 fully saturated rings. The molecule has 0 atom stereocenters. The van der Waals surface area contributed by atoms with E-state index in [2.05, 4.69) is 24.1 Å². The Balaban J connectivity index is 2.50. The number of carbonyl (C=O) groups excluding carboxylic acids is 1. The minimum atomic E-state index is 0.0481. The maximum Gasteiger partial charge on any atom is 0.234 e. The van der Waals surface area contributed by atoms with Crippen LogP contribution in [-0.4, -0.2) is 49.7 Å². The van der Waals surface area contributed by atoms with E-state index < -0.39 is 0 Å². The summed E-state index contributed by atoms with van der Waals surface area (Å²) in [5.74, 6) is 0.107. The van der Waals surface area contributed by atoms with Gasteiger partial charge in [-0.05, 0) is 13.8 Å². The first kappa shape index (κ1) is 10.5. The second kappa shape index (κ2) is 4.07. The number of piperazine rings is 1. The lowest BCUT2D eigenvalue weighted by atomic mass is 10.0. The molecule has 0 bridgehead atoms. The van der Waals surface area contributed by atoms with E-state index in [0.717, 1.165) is 13.1 Å². The van der Waals surface area contributed by atoms with Crippen LogP contribution in [0, 0.1) is 0 Å².